The van der Waals surface area contributed by atoms with Crippen molar-refractivity contribution in [2.24, 2.45) is 0 Å². The van der Waals surface area contributed by atoms with Crippen molar-refractivity contribution in [3.05, 3.63) is 78.2 Å². The molecule has 0 bridgehead atoms. The third kappa shape index (κ3) is 2.66. The molecular formula is C19H15N3O. The number of rotatable bonds is 3. The normalized spacial score (nSPS) is 11.0. The molecule has 23 heavy (non-hydrogen) atoms. The Bertz CT molecular complexity index is 952. The zero-order chi connectivity index (χ0) is 15.6. The van der Waals surface area contributed by atoms with Crippen LogP contribution in [-0.4, -0.2) is 10.1 Å². The number of hydrogen-bond acceptors (Lipinski definition) is 4. The molecular weight excluding hydrogens is 286 g/mol. The quantitative estimate of drug-likeness (QED) is 0.579. The lowest BCUT2D eigenvalue weighted by molar-refractivity contribution is 0.386. The van der Waals surface area contributed by atoms with Gasteiger partial charge in [0, 0.05) is 11.3 Å². The van der Waals surface area contributed by atoms with Gasteiger partial charge in [0.15, 0.2) is 0 Å². The first-order valence-electron chi connectivity index (χ1n) is 7.45. The van der Waals surface area contributed by atoms with Crippen LogP contribution in [0.5, 0.6) is 0 Å². The van der Waals surface area contributed by atoms with Gasteiger partial charge in [-0.15, -0.1) is 0 Å². The minimum Gasteiger partial charge on any atom is -0.399 e. The minimum absolute atomic E-state index is 0.595. The van der Waals surface area contributed by atoms with Crippen LogP contribution >= 0.6 is 0 Å². The molecule has 4 nitrogen and oxygen atoms in total. The summed E-state index contributed by atoms with van der Waals surface area (Å²) in [4.78, 5) is 4.54. The van der Waals surface area contributed by atoms with E-state index in [0.717, 1.165) is 27.6 Å². The lowest BCUT2D eigenvalue weighted by Gasteiger charge is -2.01. The second-order valence-electron chi connectivity index (χ2n) is 5.46. The topological polar surface area (TPSA) is 64.9 Å². The Balaban J connectivity index is 1.68. The summed E-state index contributed by atoms with van der Waals surface area (Å²) in [7, 11) is 0. The van der Waals surface area contributed by atoms with E-state index in [1.807, 2.05) is 48.5 Å². The van der Waals surface area contributed by atoms with E-state index < -0.39 is 0 Å². The van der Waals surface area contributed by atoms with E-state index in [4.69, 9.17) is 10.3 Å². The van der Waals surface area contributed by atoms with Crippen LogP contribution in [0.1, 0.15) is 11.5 Å². The number of fused-ring (bicyclic) bond motifs is 1. The zero-order valence-electron chi connectivity index (χ0n) is 12.4. The van der Waals surface area contributed by atoms with Crippen molar-refractivity contribution in [1.82, 2.24) is 10.1 Å². The van der Waals surface area contributed by atoms with Crippen molar-refractivity contribution >= 4 is 16.5 Å². The van der Waals surface area contributed by atoms with E-state index in [2.05, 4.69) is 28.3 Å². The predicted molar refractivity (Wildman–Crippen MR) is 90.9 cm³/mol. The molecule has 4 rings (SSSR count). The molecule has 0 saturated heterocycles. The van der Waals surface area contributed by atoms with Crippen LogP contribution in [0.4, 0.5) is 5.69 Å². The van der Waals surface area contributed by atoms with Crippen LogP contribution in [0, 0.1) is 0 Å². The van der Waals surface area contributed by atoms with Gasteiger partial charge < -0.3 is 10.3 Å². The Morgan fingerprint density at radius 2 is 1.65 bits per heavy atom. The largest absolute Gasteiger partial charge is 0.399 e. The monoisotopic (exact) mass is 301 g/mol. The van der Waals surface area contributed by atoms with Crippen molar-refractivity contribution in [3.63, 3.8) is 0 Å². The number of benzene rings is 3. The first-order chi connectivity index (χ1) is 11.3. The maximum atomic E-state index is 5.70. The first kappa shape index (κ1) is 13.5. The molecule has 2 N–H and O–H groups in total. The molecule has 0 radical (unpaired) electrons. The van der Waals surface area contributed by atoms with Gasteiger partial charge in [-0.1, -0.05) is 59.8 Å². The van der Waals surface area contributed by atoms with E-state index in [0.29, 0.717) is 18.1 Å². The second-order valence-corrected chi connectivity index (χ2v) is 5.46. The molecule has 0 saturated carbocycles. The molecule has 0 aliphatic heterocycles. The number of nitrogen functional groups attached to an aromatic ring is 1. The molecule has 4 heteroatoms. The van der Waals surface area contributed by atoms with Crippen LogP contribution in [0.2, 0.25) is 0 Å². The summed E-state index contributed by atoms with van der Waals surface area (Å²) in [5, 5.41) is 6.42. The molecule has 0 atom stereocenters. The second kappa shape index (κ2) is 5.57. The molecule has 3 aromatic carbocycles. The van der Waals surface area contributed by atoms with Crippen molar-refractivity contribution in [2.45, 2.75) is 6.42 Å². The SMILES string of the molecule is Nc1ccc(Cc2nc(-c3cccc4ccccc34)no2)cc1. The smallest absolute Gasteiger partial charge is 0.231 e. The highest BCUT2D eigenvalue weighted by Gasteiger charge is 2.11. The van der Waals surface area contributed by atoms with Crippen LogP contribution in [-0.2, 0) is 6.42 Å². The highest BCUT2D eigenvalue weighted by atomic mass is 16.5. The molecule has 0 fully saturated rings. The average molecular weight is 301 g/mol. The minimum atomic E-state index is 0.595. The number of anilines is 1. The third-order valence-electron chi connectivity index (χ3n) is 3.83. The molecule has 4 aromatic rings. The standard InChI is InChI=1S/C19H15N3O/c20-15-10-8-13(9-11-15)12-18-21-19(22-23-18)17-7-3-5-14-4-1-2-6-16(14)17/h1-11H,12,20H2. The van der Waals surface area contributed by atoms with Gasteiger partial charge in [0.25, 0.3) is 0 Å². The van der Waals surface area contributed by atoms with Crippen LogP contribution in [0.25, 0.3) is 22.2 Å². The van der Waals surface area contributed by atoms with E-state index >= 15 is 0 Å². The lowest BCUT2D eigenvalue weighted by Crippen LogP contribution is -1.90. The third-order valence-corrected chi connectivity index (χ3v) is 3.83. The number of nitrogens with two attached hydrogens (primary N) is 1. The summed E-state index contributed by atoms with van der Waals surface area (Å²) >= 11 is 0. The number of aromatic nitrogens is 2. The summed E-state index contributed by atoms with van der Waals surface area (Å²) in [6, 6.07) is 22.0. The molecule has 0 unspecified atom stereocenters. The van der Waals surface area contributed by atoms with E-state index in [1.54, 1.807) is 0 Å². The fourth-order valence-electron chi connectivity index (χ4n) is 2.67. The summed E-state index contributed by atoms with van der Waals surface area (Å²) in [5.41, 5.74) is 8.52. The van der Waals surface area contributed by atoms with Gasteiger partial charge in [0.05, 0.1) is 6.42 Å². The molecule has 0 aliphatic carbocycles. The van der Waals surface area contributed by atoms with Crippen LogP contribution in [0.15, 0.2) is 71.3 Å². The van der Waals surface area contributed by atoms with E-state index in [-0.39, 0.29) is 0 Å². The maximum Gasteiger partial charge on any atom is 0.231 e. The van der Waals surface area contributed by atoms with Gasteiger partial charge in [-0.05, 0) is 28.5 Å². The first-order valence-corrected chi connectivity index (χ1v) is 7.45. The van der Waals surface area contributed by atoms with Gasteiger partial charge in [0.2, 0.25) is 11.7 Å². The van der Waals surface area contributed by atoms with E-state index in [9.17, 15) is 0 Å². The summed E-state index contributed by atoms with van der Waals surface area (Å²) in [6.45, 7) is 0. The zero-order valence-corrected chi connectivity index (χ0v) is 12.4. The van der Waals surface area contributed by atoms with Gasteiger partial charge in [-0.3, -0.25) is 0 Å². The van der Waals surface area contributed by atoms with Crippen molar-refractivity contribution in [2.75, 3.05) is 5.73 Å². The Morgan fingerprint density at radius 3 is 2.52 bits per heavy atom. The maximum absolute atomic E-state index is 5.70. The van der Waals surface area contributed by atoms with Crippen LogP contribution < -0.4 is 5.73 Å². The van der Waals surface area contributed by atoms with Gasteiger partial charge >= 0.3 is 0 Å². The summed E-state index contributed by atoms with van der Waals surface area (Å²) in [6.07, 6.45) is 0.595. The average Bonchev–Trinajstić information content (AvgIpc) is 3.05. The fraction of sp³-hybridized carbons (Fsp3) is 0.0526. The van der Waals surface area contributed by atoms with Gasteiger partial charge in [-0.2, -0.15) is 4.98 Å². The van der Waals surface area contributed by atoms with Crippen molar-refractivity contribution in [1.29, 1.82) is 0 Å². The van der Waals surface area contributed by atoms with Gasteiger partial charge in [0.1, 0.15) is 0 Å². The molecule has 0 aliphatic rings. The predicted octanol–water partition coefficient (Wildman–Crippen LogP) is 4.06. The molecule has 1 heterocycles. The Morgan fingerprint density at radius 1 is 0.870 bits per heavy atom. The van der Waals surface area contributed by atoms with Crippen molar-refractivity contribution < 1.29 is 4.52 Å². The number of nitrogens with zero attached hydrogens (tertiary/aromatic N) is 2. The lowest BCUT2D eigenvalue weighted by atomic mass is 10.0. The fourth-order valence-corrected chi connectivity index (χ4v) is 2.67. The Hall–Kier alpha value is -3.14. The number of hydrogen-bond donors (Lipinski definition) is 1. The van der Waals surface area contributed by atoms with E-state index in [1.165, 1.54) is 0 Å². The highest BCUT2D eigenvalue weighted by Crippen LogP contribution is 2.26. The Labute approximate surface area is 133 Å². The molecule has 1 aromatic heterocycles. The van der Waals surface area contributed by atoms with Crippen LogP contribution in [0.3, 0.4) is 0 Å². The summed E-state index contributed by atoms with van der Waals surface area (Å²) in [5.74, 6) is 1.21. The molecule has 0 spiro atoms. The highest BCUT2D eigenvalue weighted by molar-refractivity contribution is 5.94. The van der Waals surface area contributed by atoms with Gasteiger partial charge in [-0.25, -0.2) is 0 Å². The van der Waals surface area contributed by atoms with Crippen molar-refractivity contribution in [3.8, 4) is 11.4 Å². The molecule has 112 valence electrons. The Kier molecular flexibility index (Phi) is 3.27. The molecule has 0 amide bonds. The summed E-state index contributed by atoms with van der Waals surface area (Å²) < 4.78 is 5.41.